The van der Waals surface area contributed by atoms with Crippen molar-refractivity contribution in [2.24, 2.45) is 13.0 Å². The zero-order valence-corrected chi connectivity index (χ0v) is 38.7. The average Bonchev–Trinajstić information content (AvgIpc) is 3.74. The minimum absolute atomic E-state index is 0.0174. The molecule has 65 heavy (non-hydrogen) atoms. The highest BCUT2D eigenvalue weighted by Crippen LogP contribution is 2.40. The van der Waals surface area contributed by atoms with E-state index >= 15 is 4.39 Å². The molecule has 12 nitrogen and oxygen atoms in total. The molecule has 0 saturated carbocycles. The van der Waals surface area contributed by atoms with Gasteiger partial charge in [0, 0.05) is 93.4 Å². The summed E-state index contributed by atoms with van der Waals surface area (Å²) >= 11 is 0. The van der Waals surface area contributed by atoms with Crippen LogP contribution in [0.15, 0.2) is 66.2 Å². The molecule has 0 spiro atoms. The first-order valence-corrected chi connectivity index (χ1v) is 23.1. The van der Waals surface area contributed by atoms with E-state index in [2.05, 4.69) is 78.2 Å². The van der Waals surface area contributed by atoms with Crippen molar-refractivity contribution in [3.05, 3.63) is 111 Å². The summed E-state index contributed by atoms with van der Waals surface area (Å²) in [5.41, 5.74) is 7.89. The lowest BCUT2D eigenvalue weighted by Crippen LogP contribution is -2.44. The van der Waals surface area contributed by atoms with Gasteiger partial charge in [0.25, 0.3) is 11.7 Å². The van der Waals surface area contributed by atoms with Crippen LogP contribution in [0.3, 0.4) is 0 Å². The van der Waals surface area contributed by atoms with Crippen LogP contribution in [0.5, 0.6) is 0 Å². The van der Waals surface area contributed by atoms with Gasteiger partial charge in [0.15, 0.2) is 13.1 Å². The number of carbonyl (C=O) groups is 3. The van der Waals surface area contributed by atoms with Gasteiger partial charge in [-0.1, -0.05) is 22.8 Å². The molecule has 3 aromatic rings. The highest BCUT2D eigenvalue weighted by Gasteiger charge is 2.39. The summed E-state index contributed by atoms with van der Waals surface area (Å²) in [5.74, 6) is 2.42. The molecule has 2 atom stereocenters. The maximum absolute atomic E-state index is 16.1. The molecule has 3 amide bonds. The number of halogens is 2. The molecule has 7 heterocycles. The molecule has 0 radical (unpaired) electrons. The van der Waals surface area contributed by atoms with Crippen LogP contribution < -0.4 is 16.0 Å². The largest absolute Gasteiger partial charge is 0.429 e. The number of piperidine rings is 1. The van der Waals surface area contributed by atoms with E-state index in [1.54, 1.807) is 7.05 Å². The molecule has 9 rings (SSSR count). The standard InChI is InChI=1S/C51H59F2N9O3/c1-31-22-37(49(64)61-14-10-34(11-15-61)28-58-18-20-59(21-19-58)29-35-8-9-42-39(24-35)51(4,5)50(65)56-42)25-40(52)47(31)36-12-16-60(17-13-36)33(3)44-26-38-45(23-32(2)55-48(38)57(44)7)62-30-41(53)43(54-6)27-46(62)63/h8-9,12,22-28,32-34,55H,10-11,13-21,29H2,1-7H3/p+2/t32?,33-/m0/s1. The number of hydrogen-bond acceptors (Lipinski definition) is 7. The number of likely N-dealkylation sites (N-methyl/N-ethyl adjacent to an activating group) is 1. The topological polar surface area (TPSA) is 108 Å². The Bertz CT molecular complexity index is 2660. The molecule has 2 fully saturated rings. The zero-order valence-electron chi connectivity index (χ0n) is 38.7. The second-order valence-electron chi connectivity index (χ2n) is 19.1. The maximum Gasteiger partial charge on any atom is 0.429 e. The molecule has 1 aromatic heterocycles. The number of allylic oxidation sites excluding steroid dienone is 1. The second-order valence-corrected chi connectivity index (χ2v) is 19.1. The Labute approximate surface area is 380 Å². The third-order valence-corrected chi connectivity index (χ3v) is 14.5. The van der Waals surface area contributed by atoms with Crippen LogP contribution in [0, 0.1) is 18.7 Å². The van der Waals surface area contributed by atoms with Gasteiger partial charge in [-0.3, -0.25) is 19.4 Å². The molecule has 0 aliphatic carbocycles. The van der Waals surface area contributed by atoms with Gasteiger partial charge >= 0.3 is 5.91 Å². The fourth-order valence-electron chi connectivity index (χ4n) is 10.5. The maximum atomic E-state index is 16.1. The number of likely N-dealkylation sites (tertiary alicyclic amines) is 1. The van der Waals surface area contributed by atoms with Crippen molar-refractivity contribution in [1.29, 1.82) is 0 Å². The number of amides is 3. The fourth-order valence-corrected chi connectivity index (χ4v) is 10.5. The van der Waals surface area contributed by atoms with Gasteiger partial charge in [0.2, 0.25) is 17.5 Å². The van der Waals surface area contributed by atoms with E-state index in [9.17, 15) is 18.8 Å². The van der Waals surface area contributed by atoms with Gasteiger partial charge in [-0.25, -0.2) is 13.8 Å². The monoisotopic (exact) mass is 885 g/mol. The summed E-state index contributed by atoms with van der Waals surface area (Å²) in [5, 5.41) is 9.22. The first-order chi connectivity index (χ1) is 31.1. The van der Waals surface area contributed by atoms with Crippen molar-refractivity contribution < 1.29 is 32.3 Å². The van der Waals surface area contributed by atoms with Crippen LogP contribution >= 0.6 is 0 Å². The van der Waals surface area contributed by atoms with Crippen LogP contribution in [-0.2, 0) is 28.6 Å². The Morgan fingerprint density at radius 1 is 1.06 bits per heavy atom. The van der Waals surface area contributed by atoms with Crippen molar-refractivity contribution in [1.82, 2.24) is 24.6 Å². The fraction of sp³-hybridized carbons (Fsp3) is 0.451. The van der Waals surface area contributed by atoms with Crippen LogP contribution in [-0.4, -0.2) is 124 Å². The van der Waals surface area contributed by atoms with Gasteiger partial charge in [-0.2, -0.15) is 4.39 Å². The average molecular weight is 886 g/mol. The summed E-state index contributed by atoms with van der Waals surface area (Å²) in [6.07, 6.45) is 10.0. The van der Waals surface area contributed by atoms with Crippen molar-refractivity contribution in [2.45, 2.75) is 77.9 Å². The minimum Gasteiger partial charge on any atom is -0.385 e. The van der Waals surface area contributed by atoms with Gasteiger partial charge in [0.1, 0.15) is 17.8 Å². The van der Waals surface area contributed by atoms with E-state index in [1.165, 1.54) is 22.3 Å². The number of aromatic nitrogens is 1. The number of benzene rings is 2. The quantitative estimate of drug-likeness (QED) is 0.216. The van der Waals surface area contributed by atoms with E-state index < -0.39 is 11.2 Å². The molecule has 1 unspecified atom stereocenters. The lowest BCUT2D eigenvalue weighted by Gasteiger charge is -2.33. The van der Waals surface area contributed by atoms with Gasteiger partial charge in [-0.05, 0) is 100 Å². The third kappa shape index (κ3) is 8.43. The van der Waals surface area contributed by atoms with E-state index in [0.717, 1.165) is 85.0 Å². The molecule has 340 valence electrons. The summed E-state index contributed by atoms with van der Waals surface area (Å²) in [7, 11) is 3.56. The van der Waals surface area contributed by atoms with E-state index in [-0.39, 0.29) is 41.3 Å². The van der Waals surface area contributed by atoms with Crippen LogP contribution in [0.2, 0.25) is 0 Å². The molecular weight excluding hydrogens is 825 g/mol. The molecule has 6 aliphatic heterocycles. The number of rotatable bonds is 9. The molecule has 0 bridgehead atoms. The van der Waals surface area contributed by atoms with Crippen LogP contribution in [0.4, 0.5) is 20.3 Å². The normalized spacial score (nSPS) is 21.9. The SMILES string of the molecule is CNC1=CC(=O)[N+](C2=CC(C)Nc3c2cc([C@H](C)N2CC=C(c4c(C)cc(C(=O)N5CCC(C=[N+]6CCN(Cc7ccc8c(c7)C(C)(C)C(=O)N8)CC6)CC5)cc4F)CC2)n3C)=C=C1F. The predicted octanol–water partition coefficient (Wildman–Crippen LogP) is 6.34. The van der Waals surface area contributed by atoms with Crippen molar-refractivity contribution in [3.63, 3.8) is 0 Å². The van der Waals surface area contributed by atoms with Crippen molar-refractivity contribution in [3.8, 4) is 0 Å². The van der Waals surface area contributed by atoms with Crippen molar-refractivity contribution in [2.75, 3.05) is 70.0 Å². The number of aryl methyl sites for hydroxylation is 1. The number of piperazine rings is 1. The molecule has 2 saturated heterocycles. The molecule has 2 aromatic carbocycles. The highest BCUT2D eigenvalue weighted by atomic mass is 19.1. The number of anilines is 2. The molecule has 6 aliphatic rings. The molecule has 14 heteroatoms. The Morgan fingerprint density at radius 3 is 2.51 bits per heavy atom. The number of nitrogens with one attached hydrogen (secondary N) is 3. The lowest BCUT2D eigenvalue weighted by atomic mass is 9.85. The summed E-state index contributed by atoms with van der Waals surface area (Å²) in [6, 6.07) is 11.5. The first kappa shape index (κ1) is 44.3. The first-order valence-electron chi connectivity index (χ1n) is 23.1. The summed E-state index contributed by atoms with van der Waals surface area (Å²) in [6.45, 7) is 17.3. The number of fused-ring (bicyclic) bond motifs is 2. The Hall–Kier alpha value is -5.95. The van der Waals surface area contributed by atoms with Gasteiger partial charge in [-0.15, -0.1) is 0 Å². The summed E-state index contributed by atoms with van der Waals surface area (Å²) < 4.78 is 36.7. The van der Waals surface area contributed by atoms with Gasteiger partial charge in [0.05, 0.1) is 35.8 Å². The van der Waals surface area contributed by atoms with E-state index in [4.69, 9.17) is 0 Å². The molecular formula is C51H61F2N9O3+2. The highest BCUT2D eigenvalue weighted by molar-refractivity contribution is 6.05. The Balaban J connectivity index is 0.792. The van der Waals surface area contributed by atoms with E-state index in [0.29, 0.717) is 55.3 Å². The Kier molecular flexibility index (Phi) is 11.9. The molecule has 3 N–H and O–H groups in total. The lowest BCUT2D eigenvalue weighted by molar-refractivity contribution is -0.537. The van der Waals surface area contributed by atoms with E-state index in [1.807, 2.05) is 57.9 Å². The smallest absolute Gasteiger partial charge is 0.385 e. The van der Waals surface area contributed by atoms with Crippen molar-refractivity contribution >= 4 is 52.6 Å². The number of hydrogen-bond donors (Lipinski definition) is 3. The number of carbonyl (C=O) groups excluding carboxylic acids is 3. The zero-order chi connectivity index (χ0) is 45.9. The predicted molar refractivity (Wildman–Crippen MR) is 250 cm³/mol. The Morgan fingerprint density at radius 2 is 1.82 bits per heavy atom. The summed E-state index contributed by atoms with van der Waals surface area (Å²) in [4.78, 5) is 45.9. The number of nitrogens with zero attached hydrogens (tertiary/aromatic N) is 6. The third-order valence-electron chi connectivity index (χ3n) is 14.5. The van der Waals surface area contributed by atoms with Crippen LogP contribution in [0.1, 0.15) is 96.9 Å². The van der Waals surface area contributed by atoms with Crippen LogP contribution in [0.25, 0.3) is 11.3 Å². The van der Waals surface area contributed by atoms with Gasteiger partial charge < -0.3 is 25.4 Å². The second kappa shape index (κ2) is 17.5. The minimum atomic E-state index is -0.631.